The van der Waals surface area contributed by atoms with Gasteiger partial charge in [0.2, 0.25) is 0 Å². The van der Waals surface area contributed by atoms with E-state index >= 15 is 0 Å². The van der Waals surface area contributed by atoms with Gasteiger partial charge in [0, 0.05) is 12.6 Å². The molecule has 0 aromatic rings. The summed E-state index contributed by atoms with van der Waals surface area (Å²) in [5, 5.41) is 0. The molecule has 2 heteroatoms. The van der Waals surface area contributed by atoms with Gasteiger partial charge >= 0.3 is 0 Å². The number of hydrogen-bond donors (Lipinski definition) is 1. The van der Waals surface area contributed by atoms with Crippen LogP contribution in [-0.4, -0.2) is 18.8 Å². The maximum Gasteiger partial charge on any atom is 0.0748 e. The van der Waals surface area contributed by atoms with Crippen LogP contribution < -0.4 is 5.73 Å². The quantitative estimate of drug-likeness (QED) is 0.618. The van der Waals surface area contributed by atoms with Crippen molar-refractivity contribution < 1.29 is 4.74 Å². The van der Waals surface area contributed by atoms with Crippen LogP contribution in [0.3, 0.4) is 0 Å². The minimum atomic E-state index is 0.137. The van der Waals surface area contributed by atoms with Crippen molar-refractivity contribution in [1.29, 1.82) is 0 Å². The molecule has 78 valence electrons. The predicted molar refractivity (Wildman–Crippen MR) is 57.7 cm³/mol. The van der Waals surface area contributed by atoms with E-state index in [1.807, 2.05) is 13.0 Å². The van der Waals surface area contributed by atoms with Gasteiger partial charge in [-0.3, -0.25) is 0 Å². The van der Waals surface area contributed by atoms with Crippen molar-refractivity contribution >= 4 is 0 Å². The molecule has 0 saturated carbocycles. The second kappa shape index (κ2) is 7.10. The molecule has 2 atom stereocenters. The Bertz CT molecular complexity index is 134. The van der Waals surface area contributed by atoms with Gasteiger partial charge in [-0.2, -0.15) is 0 Å². The third-order valence-electron chi connectivity index (χ3n) is 2.14. The van der Waals surface area contributed by atoms with E-state index in [4.69, 9.17) is 10.5 Å². The monoisotopic (exact) mass is 185 g/mol. The van der Waals surface area contributed by atoms with Crippen LogP contribution in [0.15, 0.2) is 12.7 Å². The van der Waals surface area contributed by atoms with Gasteiger partial charge in [-0.25, -0.2) is 0 Å². The number of nitrogens with two attached hydrogens (primary N) is 1. The predicted octanol–water partition coefficient (Wildman–Crippen LogP) is 2.34. The van der Waals surface area contributed by atoms with Crippen LogP contribution >= 0.6 is 0 Å². The molecule has 0 aliphatic heterocycles. The van der Waals surface area contributed by atoms with E-state index in [9.17, 15) is 0 Å². The molecule has 2 unspecified atom stereocenters. The van der Waals surface area contributed by atoms with Crippen LogP contribution in [0.2, 0.25) is 0 Å². The normalized spacial score (nSPS) is 15.8. The largest absolute Gasteiger partial charge is 0.377 e. The van der Waals surface area contributed by atoms with Crippen molar-refractivity contribution in [2.45, 2.75) is 45.8 Å². The second-order valence-electron chi connectivity index (χ2n) is 3.69. The van der Waals surface area contributed by atoms with E-state index in [-0.39, 0.29) is 12.1 Å². The standard InChI is InChI=1S/C11H23NO/c1-5-7-8-10(12)11(9(3)4)13-6-2/h5,9-11H,1,6-8,12H2,2-4H3. The first-order valence-electron chi connectivity index (χ1n) is 5.11. The fraction of sp³-hybridized carbons (Fsp3) is 0.818. The molecule has 0 rings (SSSR count). The molecule has 0 saturated heterocycles. The first-order valence-corrected chi connectivity index (χ1v) is 5.11. The van der Waals surface area contributed by atoms with Gasteiger partial charge < -0.3 is 10.5 Å². The first kappa shape index (κ1) is 12.7. The molecule has 0 fully saturated rings. The maximum absolute atomic E-state index is 6.02. The summed E-state index contributed by atoms with van der Waals surface area (Å²) in [6.45, 7) is 10.7. The highest BCUT2D eigenvalue weighted by atomic mass is 16.5. The lowest BCUT2D eigenvalue weighted by atomic mass is 9.96. The number of hydrogen-bond acceptors (Lipinski definition) is 2. The zero-order valence-corrected chi connectivity index (χ0v) is 9.12. The Hall–Kier alpha value is -0.340. The SMILES string of the molecule is C=CCCC(N)C(OCC)C(C)C. The summed E-state index contributed by atoms with van der Waals surface area (Å²) >= 11 is 0. The molecule has 0 radical (unpaired) electrons. The Kier molecular flexibility index (Phi) is 6.92. The van der Waals surface area contributed by atoms with Gasteiger partial charge in [0.1, 0.15) is 0 Å². The highest BCUT2D eigenvalue weighted by Crippen LogP contribution is 2.13. The van der Waals surface area contributed by atoms with Gasteiger partial charge in [0.15, 0.2) is 0 Å². The van der Waals surface area contributed by atoms with Gasteiger partial charge in [0.25, 0.3) is 0 Å². The molecule has 0 aliphatic carbocycles. The van der Waals surface area contributed by atoms with Crippen molar-refractivity contribution in [2.75, 3.05) is 6.61 Å². The minimum absolute atomic E-state index is 0.137. The van der Waals surface area contributed by atoms with E-state index in [0.717, 1.165) is 19.4 Å². The van der Waals surface area contributed by atoms with Crippen molar-refractivity contribution in [2.24, 2.45) is 11.7 Å². The molecule has 2 nitrogen and oxygen atoms in total. The second-order valence-corrected chi connectivity index (χ2v) is 3.69. The number of allylic oxidation sites excluding steroid dienone is 1. The lowest BCUT2D eigenvalue weighted by Gasteiger charge is -2.26. The highest BCUT2D eigenvalue weighted by Gasteiger charge is 2.20. The minimum Gasteiger partial charge on any atom is -0.377 e. The fourth-order valence-corrected chi connectivity index (χ4v) is 1.48. The van der Waals surface area contributed by atoms with Gasteiger partial charge in [-0.05, 0) is 25.7 Å². The molecule has 0 aromatic carbocycles. The number of ether oxygens (including phenoxy) is 1. The summed E-state index contributed by atoms with van der Waals surface area (Å²) in [5.41, 5.74) is 6.02. The van der Waals surface area contributed by atoms with E-state index in [1.165, 1.54) is 0 Å². The molecule has 0 spiro atoms. The lowest BCUT2D eigenvalue weighted by molar-refractivity contribution is 0.0111. The van der Waals surface area contributed by atoms with Gasteiger partial charge in [0.05, 0.1) is 6.10 Å². The Balaban J connectivity index is 3.94. The molecular formula is C11H23NO. The van der Waals surface area contributed by atoms with Crippen LogP contribution in [0.4, 0.5) is 0 Å². The smallest absolute Gasteiger partial charge is 0.0748 e. The number of rotatable bonds is 7. The zero-order chi connectivity index (χ0) is 10.3. The van der Waals surface area contributed by atoms with E-state index in [1.54, 1.807) is 0 Å². The average Bonchev–Trinajstić information content (AvgIpc) is 2.09. The summed E-state index contributed by atoms with van der Waals surface area (Å²) < 4.78 is 5.60. The summed E-state index contributed by atoms with van der Waals surface area (Å²) in [7, 11) is 0. The summed E-state index contributed by atoms with van der Waals surface area (Å²) in [4.78, 5) is 0. The van der Waals surface area contributed by atoms with E-state index in [0.29, 0.717) is 5.92 Å². The van der Waals surface area contributed by atoms with Gasteiger partial charge in [-0.15, -0.1) is 6.58 Å². The molecular weight excluding hydrogens is 162 g/mol. The molecule has 0 heterocycles. The van der Waals surface area contributed by atoms with Crippen LogP contribution in [0.5, 0.6) is 0 Å². The average molecular weight is 185 g/mol. The van der Waals surface area contributed by atoms with Crippen molar-refractivity contribution in [3.05, 3.63) is 12.7 Å². The Morgan fingerprint density at radius 2 is 2.08 bits per heavy atom. The van der Waals surface area contributed by atoms with Gasteiger partial charge in [-0.1, -0.05) is 19.9 Å². The molecule has 0 bridgehead atoms. The van der Waals surface area contributed by atoms with Crippen molar-refractivity contribution in [3.8, 4) is 0 Å². The van der Waals surface area contributed by atoms with Crippen molar-refractivity contribution in [3.63, 3.8) is 0 Å². The zero-order valence-electron chi connectivity index (χ0n) is 9.12. The molecule has 0 aromatic heterocycles. The van der Waals surface area contributed by atoms with Crippen LogP contribution in [0, 0.1) is 5.92 Å². The third-order valence-corrected chi connectivity index (χ3v) is 2.14. The summed E-state index contributed by atoms with van der Waals surface area (Å²) in [5.74, 6) is 0.486. The summed E-state index contributed by atoms with van der Waals surface area (Å²) in [6.07, 6.45) is 4.03. The Morgan fingerprint density at radius 1 is 1.46 bits per heavy atom. The van der Waals surface area contributed by atoms with Crippen molar-refractivity contribution in [1.82, 2.24) is 0 Å². The Morgan fingerprint density at radius 3 is 2.46 bits per heavy atom. The molecule has 13 heavy (non-hydrogen) atoms. The summed E-state index contributed by atoms with van der Waals surface area (Å²) in [6, 6.07) is 0.137. The lowest BCUT2D eigenvalue weighted by Crippen LogP contribution is -2.40. The van der Waals surface area contributed by atoms with Crippen LogP contribution in [0.1, 0.15) is 33.6 Å². The topological polar surface area (TPSA) is 35.2 Å². The maximum atomic E-state index is 6.02. The van der Waals surface area contributed by atoms with E-state index < -0.39 is 0 Å². The highest BCUT2D eigenvalue weighted by molar-refractivity contribution is 4.79. The van der Waals surface area contributed by atoms with Crippen LogP contribution in [0.25, 0.3) is 0 Å². The third kappa shape index (κ3) is 5.06. The van der Waals surface area contributed by atoms with E-state index in [2.05, 4.69) is 20.4 Å². The molecule has 0 amide bonds. The molecule has 2 N–H and O–H groups in total. The molecule has 0 aliphatic rings. The first-order chi connectivity index (χ1) is 6.13. The van der Waals surface area contributed by atoms with Crippen LogP contribution in [-0.2, 0) is 4.74 Å². The fourth-order valence-electron chi connectivity index (χ4n) is 1.48. The Labute approximate surface area is 82.2 Å².